The largest absolute Gasteiger partial charge is 0.497 e. The van der Waals surface area contributed by atoms with E-state index in [0.29, 0.717) is 23.0 Å². The van der Waals surface area contributed by atoms with Gasteiger partial charge in [0, 0.05) is 31.9 Å². The number of rotatable bonds is 7. The Balaban J connectivity index is 1.55. The SMILES string of the molecule is CCOC(=O)c1cnc(N[C@@H]2CCN(Cc3ccc(OC)cc3)C2)c(Cl)c1. The zero-order valence-electron chi connectivity index (χ0n) is 15.6. The van der Waals surface area contributed by atoms with E-state index in [2.05, 4.69) is 27.3 Å². The number of esters is 1. The number of ether oxygens (including phenoxy) is 2. The van der Waals surface area contributed by atoms with Gasteiger partial charge >= 0.3 is 5.97 Å². The third kappa shape index (κ3) is 5.11. The predicted molar refractivity (Wildman–Crippen MR) is 106 cm³/mol. The zero-order valence-corrected chi connectivity index (χ0v) is 16.3. The first-order valence-electron chi connectivity index (χ1n) is 9.03. The molecule has 0 radical (unpaired) electrons. The van der Waals surface area contributed by atoms with Gasteiger partial charge in [-0.2, -0.15) is 0 Å². The van der Waals surface area contributed by atoms with Gasteiger partial charge in [0.15, 0.2) is 0 Å². The molecule has 1 atom stereocenters. The van der Waals surface area contributed by atoms with E-state index in [1.165, 1.54) is 11.8 Å². The monoisotopic (exact) mass is 389 g/mol. The number of aromatic nitrogens is 1. The van der Waals surface area contributed by atoms with Crippen molar-refractivity contribution < 1.29 is 14.3 Å². The highest BCUT2D eigenvalue weighted by atomic mass is 35.5. The van der Waals surface area contributed by atoms with Crippen molar-refractivity contribution in [3.63, 3.8) is 0 Å². The van der Waals surface area contributed by atoms with Gasteiger partial charge in [-0.3, -0.25) is 4.90 Å². The summed E-state index contributed by atoms with van der Waals surface area (Å²) in [5.74, 6) is 1.05. The van der Waals surface area contributed by atoms with Crippen LogP contribution in [0.1, 0.15) is 29.3 Å². The van der Waals surface area contributed by atoms with Gasteiger partial charge in [0.2, 0.25) is 0 Å². The number of pyridine rings is 1. The number of nitrogens with zero attached hydrogens (tertiary/aromatic N) is 2. The van der Waals surface area contributed by atoms with Crippen LogP contribution in [-0.4, -0.2) is 48.7 Å². The number of carbonyl (C=O) groups is 1. The Bertz CT molecular complexity index is 783. The Morgan fingerprint density at radius 2 is 2.15 bits per heavy atom. The summed E-state index contributed by atoms with van der Waals surface area (Å²) in [5, 5.41) is 3.81. The fourth-order valence-electron chi connectivity index (χ4n) is 3.15. The van der Waals surface area contributed by atoms with Crippen molar-refractivity contribution in [3.8, 4) is 5.75 Å². The Morgan fingerprint density at radius 3 is 2.81 bits per heavy atom. The third-order valence-electron chi connectivity index (χ3n) is 4.53. The van der Waals surface area contributed by atoms with Crippen molar-refractivity contribution in [2.45, 2.75) is 25.9 Å². The lowest BCUT2D eigenvalue weighted by Crippen LogP contribution is -2.26. The summed E-state index contributed by atoms with van der Waals surface area (Å²) in [5.41, 5.74) is 1.62. The highest BCUT2D eigenvalue weighted by molar-refractivity contribution is 6.33. The minimum absolute atomic E-state index is 0.265. The fourth-order valence-corrected chi connectivity index (χ4v) is 3.37. The summed E-state index contributed by atoms with van der Waals surface area (Å²) >= 11 is 6.29. The molecule has 1 aromatic carbocycles. The summed E-state index contributed by atoms with van der Waals surface area (Å²) < 4.78 is 10.2. The van der Waals surface area contributed by atoms with Crippen molar-refractivity contribution >= 4 is 23.4 Å². The van der Waals surface area contributed by atoms with Gasteiger partial charge in [0.25, 0.3) is 0 Å². The molecule has 0 aliphatic carbocycles. The normalized spacial score (nSPS) is 16.9. The Hall–Kier alpha value is -2.31. The van der Waals surface area contributed by atoms with Crippen molar-refractivity contribution in [3.05, 3.63) is 52.7 Å². The first-order valence-corrected chi connectivity index (χ1v) is 9.41. The van der Waals surface area contributed by atoms with Crippen LogP contribution in [0, 0.1) is 0 Å². The molecule has 0 spiro atoms. The van der Waals surface area contributed by atoms with Crippen LogP contribution in [0.15, 0.2) is 36.5 Å². The fraction of sp³-hybridized carbons (Fsp3) is 0.400. The molecule has 7 heteroatoms. The molecule has 0 bridgehead atoms. The maximum atomic E-state index is 11.8. The molecule has 2 aromatic rings. The van der Waals surface area contributed by atoms with Crippen molar-refractivity contribution in [1.82, 2.24) is 9.88 Å². The lowest BCUT2D eigenvalue weighted by molar-refractivity contribution is 0.0526. The van der Waals surface area contributed by atoms with Crippen LogP contribution in [0.4, 0.5) is 5.82 Å². The van der Waals surface area contributed by atoms with Crippen LogP contribution < -0.4 is 10.1 Å². The quantitative estimate of drug-likeness (QED) is 0.730. The molecule has 1 aromatic heterocycles. The first kappa shape index (κ1) is 19.5. The molecule has 6 nitrogen and oxygen atoms in total. The molecule has 2 heterocycles. The van der Waals surface area contributed by atoms with Crippen LogP contribution in [-0.2, 0) is 11.3 Å². The van der Waals surface area contributed by atoms with Crippen molar-refractivity contribution in [2.24, 2.45) is 0 Å². The molecule has 1 N–H and O–H groups in total. The average Bonchev–Trinajstić information content (AvgIpc) is 3.11. The summed E-state index contributed by atoms with van der Waals surface area (Å²) in [6.45, 7) is 4.89. The topological polar surface area (TPSA) is 63.7 Å². The molecule has 1 aliphatic heterocycles. The lowest BCUT2D eigenvalue weighted by atomic mass is 10.2. The van der Waals surface area contributed by atoms with E-state index in [1.807, 2.05) is 12.1 Å². The van der Waals surface area contributed by atoms with E-state index in [0.717, 1.165) is 31.8 Å². The van der Waals surface area contributed by atoms with E-state index in [4.69, 9.17) is 21.1 Å². The average molecular weight is 390 g/mol. The standard InChI is InChI=1S/C20H24ClN3O3/c1-3-27-20(25)15-10-18(21)19(22-11-15)23-16-8-9-24(13-16)12-14-4-6-17(26-2)7-5-14/h4-7,10-11,16H,3,8-9,12-13H2,1-2H3,(H,22,23)/t16-/m1/s1. The number of anilines is 1. The summed E-state index contributed by atoms with van der Waals surface area (Å²) in [4.78, 5) is 18.4. The first-order chi connectivity index (χ1) is 13.1. The molecule has 0 amide bonds. The molecule has 144 valence electrons. The van der Waals surface area contributed by atoms with E-state index >= 15 is 0 Å². The number of likely N-dealkylation sites (tertiary alicyclic amines) is 1. The van der Waals surface area contributed by atoms with Crippen molar-refractivity contribution in [1.29, 1.82) is 0 Å². The smallest absolute Gasteiger partial charge is 0.339 e. The Kier molecular flexibility index (Phi) is 6.53. The number of methoxy groups -OCH3 is 1. The zero-order chi connectivity index (χ0) is 19.2. The number of halogens is 1. The predicted octanol–water partition coefficient (Wildman–Crippen LogP) is 3.61. The number of hydrogen-bond donors (Lipinski definition) is 1. The molecule has 1 fully saturated rings. The molecule has 0 saturated carbocycles. The summed E-state index contributed by atoms with van der Waals surface area (Å²) in [6, 6.07) is 10.0. The van der Waals surface area contributed by atoms with Crippen LogP contribution in [0.3, 0.4) is 0 Å². The van der Waals surface area contributed by atoms with Gasteiger partial charge in [-0.1, -0.05) is 23.7 Å². The molecule has 1 aliphatic rings. The minimum Gasteiger partial charge on any atom is -0.497 e. The molecule has 0 unspecified atom stereocenters. The minimum atomic E-state index is -0.412. The summed E-state index contributed by atoms with van der Waals surface area (Å²) in [7, 11) is 1.67. The van der Waals surface area contributed by atoms with E-state index in [9.17, 15) is 4.79 Å². The van der Waals surface area contributed by atoms with Crippen LogP contribution >= 0.6 is 11.6 Å². The molecule has 3 rings (SSSR count). The van der Waals surface area contributed by atoms with E-state index in [-0.39, 0.29) is 6.04 Å². The van der Waals surface area contributed by atoms with E-state index in [1.54, 1.807) is 20.1 Å². The van der Waals surface area contributed by atoms with Gasteiger partial charge in [0.05, 0.1) is 24.3 Å². The van der Waals surface area contributed by atoms with Crippen LogP contribution in [0.25, 0.3) is 0 Å². The van der Waals surface area contributed by atoms with Crippen molar-refractivity contribution in [2.75, 3.05) is 32.1 Å². The van der Waals surface area contributed by atoms with Crippen LogP contribution in [0.2, 0.25) is 5.02 Å². The van der Waals surface area contributed by atoms with E-state index < -0.39 is 5.97 Å². The third-order valence-corrected chi connectivity index (χ3v) is 4.82. The molecular formula is C20H24ClN3O3. The van der Waals surface area contributed by atoms with Gasteiger partial charge in [0.1, 0.15) is 11.6 Å². The molecule has 1 saturated heterocycles. The maximum absolute atomic E-state index is 11.8. The second-order valence-electron chi connectivity index (χ2n) is 6.49. The van der Waals surface area contributed by atoms with Crippen LogP contribution in [0.5, 0.6) is 5.75 Å². The number of carbonyl (C=O) groups excluding carboxylic acids is 1. The Morgan fingerprint density at radius 1 is 1.37 bits per heavy atom. The van der Waals surface area contributed by atoms with Gasteiger partial charge in [-0.25, -0.2) is 9.78 Å². The Labute approximate surface area is 164 Å². The highest BCUT2D eigenvalue weighted by Crippen LogP contribution is 2.24. The maximum Gasteiger partial charge on any atom is 0.339 e. The number of nitrogens with one attached hydrogen (secondary N) is 1. The van der Waals surface area contributed by atoms with Gasteiger partial charge in [-0.05, 0) is 37.1 Å². The highest BCUT2D eigenvalue weighted by Gasteiger charge is 2.23. The number of hydrogen-bond acceptors (Lipinski definition) is 6. The molecule has 27 heavy (non-hydrogen) atoms. The molecular weight excluding hydrogens is 366 g/mol. The summed E-state index contributed by atoms with van der Waals surface area (Å²) in [6.07, 6.45) is 2.50. The number of benzene rings is 1. The lowest BCUT2D eigenvalue weighted by Gasteiger charge is -2.18. The van der Waals surface area contributed by atoms with Gasteiger partial charge < -0.3 is 14.8 Å². The second kappa shape index (κ2) is 9.06. The van der Waals surface area contributed by atoms with Gasteiger partial charge in [-0.15, -0.1) is 0 Å². The second-order valence-corrected chi connectivity index (χ2v) is 6.90.